The van der Waals surface area contributed by atoms with Crippen molar-refractivity contribution in [3.63, 3.8) is 0 Å². The zero-order valence-electron chi connectivity index (χ0n) is 17.3. The molecule has 0 atom stereocenters. The summed E-state index contributed by atoms with van der Waals surface area (Å²) in [7, 11) is 0. The molecule has 0 radical (unpaired) electrons. The maximum absolute atomic E-state index is 13.0. The third-order valence-corrected chi connectivity index (χ3v) is 5.89. The van der Waals surface area contributed by atoms with E-state index in [9.17, 15) is 14.7 Å². The topological polar surface area (TPSA) is 66.8 Å². The van der Waals surface area contributed by atoms with Crippen molar-refractivity contribution in [2.75, 3.05) is 18.1 Å². The average molecular weight is 423 g/mol. The predicted molar refractivity (Wildman–Crippen MR) is 124 cm³/mol. The Morgan fingerprint density at radius 3 is 2.03 bits per heavy atom. The molecule has 0 spiro atoms. The summed E-state index contributed by atoms with van der Waals surface area (Å²) in [6.07, 6.45) is -0.676. The summed E-state index contributed by atoms with van der Waals surface area (Å²) >= 11 is 0. The van der Waals surface area contributed by atoms with E-state index in [1.807, 2.05) is 66.7 Å². The van der Waals surface area contributed by atoms with Crippen LogP contribution in [0.4, 0.5) is 10.5 Å². The minimum Gasteiger partial charge on any atom is -0.480 e. The van der Waals surface area contributed by atoms with Crippen LogP contribution in [-0.4, -0.2) is 30.3 Å². The predicted octanol–water partition coefficient (Wildman–Crippen LogP) is 5.68. The van der Waals surface area contributed by atoms with Crippen molar-refractivity contribution in [2.45, 2.75) is 5.92 Å². The molecule has 1 N–H and O–H groups in total. The Bertz CT molecular complexity index is 1280. The largest absolute Gasteiger partial charge is 0.480 e. The van der Waals surface area contributed by atoms with Crippen molar-refractivity contribution in [1.29, 1.82) is 0 Å². The Kier molecular flexibility index (Phi) is 5.07. The van der Waals surface area contributed by atoms with Crippen LogP contribution in [0.25, 0.3) is 21.9 Å². The number of anilines is 1. The van der Waals surface area contributed by atoms with E-state index in [4.69, 9.17) is 4.74 Å². The van der Waals surface area contributed by atoms with Crippen molar-refractivity contribution >= 4 is 28.5 Å². The number of benzene rings is 4. The normalized spacial score (nSPS) is 12.2. The van der Waals surface area contributed by atoms with Crippen molar-refractivity contribution in [1.82, 2.24) is 0 Å². The van der Waals surface area contributed by atoms with Gasteiger partial charge >= 0.3 is 12.1 Å². The van der Waals surface area contributed by atoms with Gasteiger partial charge in [0.15, 0.2) is 0 Å². The van der Waals surface area contributed by atoms with Gasteiger partial charge in [0.05, 0.1) is 0 Å². The molecule has 0 saturated heterocycles. The summed E-state index contributed by atoms with van der Waals surface area (Å²) in [6.45, 7) is -0.342. The molecule has 0 aliphatic heterocycles. The van der Waals surface area contributed by atoms with Crippen LogP contribution < -0.4 is 4.90 Å². The first-order chi connectivity index (χ1) is 15.6. The zero-order valence-corrected chi connectivity index (χ0v) is 17.3. The zero-order chi connectivity index (χ0) is 22.1. The molecule has 5 rings (SSSR count). The van der Waals surface area contributed by atoms with Crippen LogP contribution in [0.1, 0.15) is 17.0 Å². The minimum absolute atomic E-state index is 0.0883. The van der Waals surface area contributed by atoms with E-state index in [1.165, 1.54) is 4.90 Å². The highest BCUT2D eigenvalue weighted by molar-refractivity contribution is 5.96. The summed E-state index contributed by atoms with van der Waals surface area (Å²) in [5, 5.41) is 11.3. The van der Waals surface area contributed by atoms with Crippen molar-refractivity contribution in [3.05, 3.63) is 102 Å². The van der Waals surface area contributed by atoms with E-state index >= 15 is 0 Å². The second kappa shape index (κ2) is 8.19. The number of ether oxygens (including phenoxy) is 1. The highest BCUT2D eigenvalue weighted by atomic mass is 16.6. The van der Waals surface area contributed by atoms with Crippen LogP contribution in [0.2, 0.25) is 0 Å². The maximum atomic E-state index is 13.0. The van der Waals surface area contributed by atoms with E-state index in [1.54, 1.807) is 12.1 Å². The van der Waals surface area contributed by atoms with Crippen molar-refractivity contribution in [3.8, 4) is 11.1 Å². The first-order valence-electron chi connectivity index (χ1n) is 10.4. The first-order valence-corrected chi connectivity index (χ1v) is 10.4. The van der Waals surface area contributed by atoms with E-state index in [2.05, 4.69) is 12.1 Å². The van der Waals surface area contributed by atoms with E-state index in [-0.39, 0.29) is 12.5 Å². The van der Waals surface area contributed by atoms with Gasteiger partial charge in [-0.1, -0.05) is 78.9 Å². The van der Waals surface area contributed by atoms with Gasteiger partial charge in [0.1, 0.15) is 13.2 Å². The van der Waals surface area contributed by atoms with Crippen molar-refractivity contribution < 1.29 is 19.4 Å². The average Bonchev–Trinajstić information content (AvgIpc) is 3.14. The van der Waals surface area contributed by atoms with Gasteiger partial charge in [0.2, 0.25) is 0 Å². The summed E-state index contributed by atoms with van der Waals surface area (Å²) in [6, 6.07) is 29.3. The van der Waals surface area contributed by atoms with E-state index in [0.717, 1.165) is 33.0 Å². The fourth-order valence-electron chi connectivity index (χ4n) is 4.41. The number of hydrogen-bond donors (Lipinski definition) is 1. The summed E-state index contributed by atoms with van der Waals surface area (Å²) in [5.74, 6) is -1.19. The Balaban J connectivity index is 1.41. The van der Waals surface area contributed by atoms with Gasteiger partial charge in [0.25, 0.3) is 0 Å². The number of carbonyl (C=O) groups is 2. The molecule has 1 amide bonds. The lowest BCUT2D eigenvalue weighted by Crippen LogP contribution is -2.36. The van der Waals surface area contributed by atoms with Crippen LogP contribution in [0.15, 0.2) is 91.0 Å². The number of hydrogen-bond acceptors (Lipinski definition) is 3. The molecule has 1 aliphatic rings. The first kappa shape index (κ1) is 19.8. The number of carboxylic acid groups (broad SMARTS) is 1. The van der Waals surface area contributed by atoms with Gasteiger partial charge in [-0.2, -0.15) is 0 Å². The Hall–Kier alpha value is -4.12. The molecule has 0 heterocycles. The summed E-state index contributed by atoms with van der Waals surface area (Å²) in [5.41, 5.74) is 4.99. The van der Waals surface area contributed by atoms with Crippen molar-refractivity contribution in [2.24, 2.45) is 0 Å². The number of nitrogens with zero attached hydrogens (tertiary/aromatic N) is 1. The smallest absolute Gasteiger partial charge is 0.414 e. The third kappa shape index (κ3) is 3.58. The molecule has 1 aliphatic carbocycles. The molecule has 4 aromatic rings. The number of amides is 1. The van der Waals surface area contributed by atoms with Crippen LogP contribution in [0.3, 0.4) is 0 Å². The standard InChI is InChI=1S/C27H21NO4/c29-26(30)16-28(20-14-13-18-7-1-2-8-19(18)15-20)27(31)32-17-25-23-11-5-3-9-21(23)22-10-4-6-12-24(22)25/h1-15,25H,16-17H2,(H,29,30). The molecule has 5 nitrogen and oxygen atoms in total. The summed E-state index contributed by atoms with van der Waals surface area (Å²) in [4.78, 5) is 25.7. The highest BCUT2D eigenvalue weighted by Gasteiger charge is 2.30. The van der Waals surface area contributed by atoms with Gasteiger partial charge < -0.3 is 9.84 Å². The Morgan fingerprint density at radius 1 is 0.781 bits per heavy atom. The lowest BCUT2D eigenvalue weighted by atomic mass is 9.98. The lowest BCUT2D eigenvalue weighted by molar-refractivity contribution is -0.135. The molecule has 0 bridgehead atoms. The Labute approximate surface area is 185 Å². The number of carboxylic acids is 1. The molecule has 0 unspecified atom stereocenters. The third-order valence-electron chi connectivity index (χ3n) is 5.89. The maximum Gasteiger partial charge on any atom is 0.414 e. The number of fused-ring (bicyclic) bond motifs is 4. The monoisotopic (exact) mass is 423 g/mol. The molecule has 4 aromatic carbocycles. The van der Waals surface area contributed by atoms with Crippen LogP contribution in [0.5, 0.6) is 0 Å². The van der Waals surface area contributed by atoms with E-state index < -0.39 is 18.6 Å². The second-order valence-electron chi connectivity index (χ2n) is 7.82. The number of rotatable bonds is 5. The molecular weight excluding hydrogens is 402 g/mol. The number of carbonyl (C=O) groups excluding carboxylic acids is 1. The molecule has 0 fully saturated rings. The van der Waals surface area contributed by atoms with E-state index in [0.29, 0.717) is 5.69 Å². The molecule has 5 heteroatoms. The number of aliphatic carboxylic acids is 1. The summed E-state index contributed by atoms with van der Waals surface area (Å²) < 4.78 is 5.69. The van der Waals surface area contributed by atoms with Gasteiger partial charge in [-0.15, -0.1) is 0 Å². The quantitative estimate of drug-likeness (QED) is 0.448. The molecule has 0 saturated carbocycles. The van der Waals surface area contributed by atoms with Gasteiger partial charge in [-0.25, -0.2) is 4.79 Å². The SMILES string of the molecule is O=C(O)CN(C(=O)OCC1c2ccccc2-c2ccccc21)c1ccc2ccccc2c1. The van der Waals surface area contributed by atoms with Gasteiger partial charge in [-0.3, -0.25) is 9.69 Å². The second-order valence-corrected chi connectivity index (χ2v) is 7.82. The van der Waals surface area contributed by atoms with Crippen LogP contribution in [-0.2, 0) is 9.53 Å². The Morgan fingerprint density at radius 2 is 1.38 bits per heavy atom. The molecule has 0 aromatic heterocycles. The van der Waals surface area contributed by atoms with Crippen LogP contribution >= 0.6 is 0 Å². The fourth-order valence-corrected chi connectivity index (χ4v) is 4.41. The van der Waals surface area contributed by atoms with Crippen LogP contribution in [0, 0.1) is 0 Å². The van der Waals surface area contributed by atoms with Gasteiger partial charge in [-0.05, 0) is 45.2 Å². The van der Waals surface area contributed by atoms with Gasteiger partial charge in [0, 0.05) is 11.6 Å². The minimum atomic E-state index is -1.10. The lowest BCUT2D eigenvalue weighted by Gasteiger charge is -2.22. The fraction of sp³-hybridized carbons (Fsp3) is 0.111. The molecule has 158 valence electrons. The highest BCUT2D eigenvalue weighted by Crippen LogP contribution is 2.44. The molecule has 32 heavy (non-hydrogen) atoms. The molecular formula is C27H21NO4.